The number of ether oxygens (including phenoxy) is 2. The van der Waals surface area contributed by atoms with Crippen LogP contribution in [0.1, 0.15) is 50.7 Å². The summed E-state index contributed by atoms with van der Waals surface area (Å²) in [4.78, 5) is 16.3. The molecule has 0 bridgehead atoms. The van der Waals surface area contributed by atoms with Crippen LogP contribution in [-0.2, 0) is 11.2 Å². The van der Waals surface area contributed by atoms with Gasteiger partial charge in [-0.15, -0.1) is 24.3 Å². The molecule has 2 atom stereocenters. The van der Waals surface area contributed by atoms with E-state index in [0.717, 1.165) is 50.9 Å². The number of fused-ring (bicyclic) bond motifs is 3. The summed E-state index contributed by atoms with van der Waals surface area (Å²) in [6, 6.07) is 15.7. The summed E-state index contributed by atoms with van der Waals surface area (Å²) in [6.07, 6.45) is 4.13. The summed E-state index contributed by atoms with van der Waals surface area (Å²) in [5.41, 5.74) is 4.10. The summed E-state index contributed by atoms with van der Waals surface area (Å²) in [5, 5.41) is 0. The fourth-order valence-electron chi connectivity index (χ4n) is 5.07. The van der Waals surface area contributed by atoms with E-state index in [1.165, 1.54) is 16.8 Å². The predicted molar refractivity (Wildman–Crippen MR) is 134 cm³/mol. The van der Waals surface area contributed by atoms with Crippen molar-refractivity contribution >= 4 is 12.0 Å². The van der Waals surface area contributed by atoms with Gasteiger partial charge in [-0.2, -0.15) is 0 Å². The molecule has 0 amide bonds. The molecule has 0 spiro atoms. The van der Waals surface area contributed by atoms with Crippen molar-refractivity contribution in [2.45, 2.75) is 52.0 Å². The van der Waals surface area contributed by atoms with Crippen molar-refractivity contribution in [3.8, 4) is 11.5 Å². The predicted octanol–water partition coefficient (Wildman–Crippen LogP) is 4.93. The SMILES string of the molecule is CC.[CH2-]COc1[c-]cc(OCCCN2CCC3C(C2)c2cccc(CC)c2N3CC=O)cc1.[U+2]. The fourth-order valence-corrected chi connectivity index (χ4v) is 5.07. The van der Waals surface area contributed by atoms with Crippen molar-refractivity contribution in [3.63, 3.8) is 0 Å². The Hall–Kier alpha value is -1.48. The number of nitrogens with zero attached hydrogens (tertiary/aromatic N) is 2. The largest absolute Gasteiger partial charge is 2.00 e. The molecule has 2 aromatic rings. The van der Waals surface area contributed by atoms with Crippen molar-refractivity contribution in [1.29, 1.82) is 0 Å². The van der Waals surface area contributed by atoms with Gasteiger partial charge in [0.15, 0.2) is 0 Å². The van der Waals surface area contributed by atoms with Crippen molar-refractivity contribution in [2.24, 2.45) is 0 Å². The zero-order valence-electron chi connectivity index (χ0n) is 20.9. The molecule has 2 aliphatic heterocycles. The summed E-state index contributed by atoms with van der Waals surface area (Å²) >= 11 is 0. The van der Waals surface area contributed by atoms with Gasteiger partial charge in [-0.1, -0.05) is 39.0 Å². The quantitative estimate of drug-likeness (QED) is 0.201. The third-order valence-electron chi connectivity index (χ3n) is 6.45. The van der Waals surface area contributed by atoms with Crippen molar-refractivity contribution in [2.75, 3.05) is 44.3 Å². The van der Waals surface area contributed by atoms with E-state index in [1.807, 2.05) is 32.0 Å². The van der Waals surface area contributed by atoms with Crippen LogP contribution in [0.15, 0.2) is 36.4 Å². The summed E-state index contributed by atoms with van der Waals surface area (Å²) in [7, 11) is 0. The molecule has 2 heterocycles. The molecule has 0 saturated carbocycles. The van der Waals surface area contributed by atoms with Gasteiger partial charge in [0, 0.05) is 48.8 Å². The van der Waals surface area contributed by atoms with Gasteiger partial charge in [0.25, 0.3) is 0 Å². The Morgan fingerprint density at radius 2 is 2.03 bits per heavy atom. The van der Waals surface area contributed by atoms with E-state index in [4.69, 9.17) is 9.47 Å². The summed E-state index contributed by atoms with van der Waals surface area (Å²) in [5.74, 6) is 1.99. The van der Waals surface area contributed by atoms with Crippen LogP contribution in [0.4, 0.5) is 5.69 Å². The smallest absolute Gasteiger partial charge is 0.551 e. The molecular weight excluding hydrogens is 650 g/mol. The Kier molecular flexibility index (Phi) is 12.5. The van der Waals surface area contributed by atoms with Gasteiger partial charge in [-0.25, -0.2) is 0 Å². The maximum Gasteiger partial charge on any atom is 2.00 e. The first-order valence-corrected chi connectivity index (χ1v) is 12.4. The standard InChI is InChI=1S/C26H32N2O3.C2H6.U/c1-3-20-7-5-8-23-24-19-27(15-13-25(24)28(16-17-29)26(20)23)14-6-18-31-22-11-9-21(10-12-22)30-4-2;1-2;/h5,7-9,11-12,17,24-25H,2-4,6,13-16,18-19H2,1H3;1-2H3;/q-2;;+2. The van der Waals surface area contributed by atoms with E-state index in [1.54, 1.807) is 0 Å². The number of carbonyl (C=O) groups is 1. The number of piperidine rings is 1. The number of benzene rings is 2. The van der Waals surface area contributed by atoms with E-state index < -0.39 is 0 Å². The number of hydrogen-bond acceptors (Lipinski definition) is 5. The molecule has 5 nitrogen and oxygen atoms in total. The Bertz CT molecular complexity index is 874. The second kappa shape index (κ2) is 14.8. The Labute approximate surface area is 229 Å². The van der Waals surface area contributed by atoms with Crippen LogP contribution in [0.3, 0.4) is 0 Å². The Balaban J connectivity index is 0.00000133. The number of para-hydroxylation sites is 1. The summed E-state index contributed by atoms with van der Waals surface area (Å²) in [6.45, 7) is 14.6. The third kappa shape index (κ3) is 6.81. The average molecular weight is 689 g/mol. The zero-order valence-corrected chi connectivity index (χ0v) is 25.1. The molecule has 0 N–H and O–H groups in total. The fraction of sp³-hybridized carbons (Fsp3) is 0.500. The number of aryl methyl sites for hydroxylation is 1. The summed E-state index contributed by atoms with van der Waals surface area (Å²) < 4.78 is 11.2. The van der Waals surface area contributed by atoms with Crippen LogP contribution in [0, 0.1) is 44.1 Å². The first kappa shape index (κ1) is 28.8. The molecule has 2 aliphatic rings. The van der Waals surface area contributed by atoms with Crippen LogP contribution in [0.25, 0.3) is 0 Å². The topological polar surface area (TPSA) is 42.0 Å². The van der Waals surface area contributed by atoms with E-state index in [0.29, 0.717) is 37.5 Å². The minimum absolute atomic E-state index is 0. The molecule has 34 heavy (non-hydrogen) atoms. The molecule has 1 saturated heterocycles. The van der Waals surface area contributed by atoms with E-state index in [2.05, 4.69) is 47.9 Å². The first-order chi connectivity index (χ1) is 16.2. The number of likely N-dealkylation sites (tertiary alicyclic amines) is 1. The van der Waals surface area contributed by atoms with Crippen molar-refractivity contribution < 1.29 is 45.4 Å². The minimum Gasteiger partial charge on any atom is -0.551 e. The second-order valence-corrected chi connectivity index (χ2v) is 8.23. The van der Waals surface area contributed by atoms with Crippen LogP contribution in [-0.4, -0.2) is 56.6 Å². The molecular formula is C28H38N2O3U. The molecule has 2 aromatic carbocycles. The van der Waals surface area contributed by atoms with Crippen LogP contribution in [0.2, 0.25) is 0 Å². The Morgan fingerprint density at radius 1 is 1.21 bits per heavy atom. The van der Waals surface area contributed by atoms with E-state index in [-0.39, 0.29) is 31.1 Å². The number of anilines is 1. The molecule has 0 radical (unpaired) electrons. The van der Waals surface area contributed by atoms with Gasteiger partial charge in [0.05, 0.1) is 13.2 Å². The Morgan fingerprint density at radius 3 is 2.71 bits per heavy atom. The van der Waals surface area contributed by atoms with E-state index >= 15 is 0 Å². The molecule has 182 valence electrons. The van der Waals surface area contributed by atoms with Crippen molar-refractivity contribution in [1.82, 2.24) is 4.90 Å². The molecule has 0 aliphatic carbocycles. The molecule has 4 rings (SSSR count). The monoisotopic (exact) mass is 688 g/mol. The zero-order chi connectivity index (χ0) is 23.6. The van der Waals surface area contributed by atoms with E-state index in [9.17, 15) is 4.79 Å². The van der Waals surface area contributed by atoms with Gasteiger partial charge >= 0.3 is 31.1 Å². The van der Waals surface area contributed by atoms with Crippen molar-refractivity contribution in [3.05, 3.63) is 60.5 Å². The number of hydrogen-bond donors (Lipinski definition) is 0. The molecule has 1 fully saturated rings. The number of rotatable bonds is 10. The maximum atomic E-state index is 11.4. The molecule has 2 unspecified atom stereocenters. The van der Waals surface area contributed by atoms with Gasteiger partial charge in [-0.05, 0) is 37.0 Å². The van der Waals surface area contributed by atoms with Gasteiger partial charge < -0.3 is 31.0 Å². The van der Waals surface area contributed by atoms with Gasteiger partial charge in [0.1, 0.15) is 6.29 Å². The maximum absolute atomic E-state index is 11.4. The first-order valence-electron chi connectivity index (χ1n) is 12.4. The normalized spacial score (nSPS) is 18.6. The number of aldehydes is 1. The van der Waals surface area contributed by atoms with Gasteiger partial charge in [-0.3, -0.25) is 0 Å². The van der Waals surface area contributed by atoms with Crippen LogP contribution >= 0.6 is 0 Å². The minimum atomic E-state index is 0. The molecule has 0 aromatic heterocycles. The second-order valence-electron chi connectivity index (χ2n) is 8.23. The van der Waals surface area contributed by atoms with Gasteiger partial charge in [0.2, 0.25) is 0 Å². The number of carbonyl (C=O) groups excluding carboxylic acids is 1. The van der Waals surface area contributed by atoms with Crippen LogP contribution in [0.5, 0.6) is 11.5 Å². The third-order valence-corrected chi connectivity index (χ3v) is 6.45. The average Bonchev–Trinajstić information content (AvgIpc) is 3.18. The van der Waals surface area contributed by atoms with Crippen LogP contribution < -0.4 is 14.4 Å². The molecule has 6 heteroatoms.